The van der Waals surface area contributed by atoms with Gasteiger partial charge in [-0.1, -0.05) is 18.2 Å². The molecular formula is C20H22N2O3S. The summed E-state index contributed by atoms with van der Waals surface area (Å²) in [5.41, 5.74) is 2.55. The van der Waals surface area contributed by atoms with Crippen molar-refractivity contribution in [3.63, 3.8) is 0 Å². The minimum Gasteiger partial charge on any atom is -0.495 e. The summed E-state index contributed by atoms with van der Waals surface area (Å²) in [6, 6.07) is 11.8. The van der Waals surface area contributed by atoms with Gasteiger partial charge < -0.3 is 14.5 Å². The Bertz CT molecular complexity index is 979. The number of piperidine rings is 1. The van der Waals surface area contributed by atoms with Gasteiger partial charge in [-0.05, 0) is 31.0 Å². The highest BCUT2D eigenvalue weighted by Gasteiger charge is 2.37. The lowest BCUT2D eigenvalue weighted by molar-refractivity contribution is 0.250. The predicted octanol–water partition coefficient (Wildman–Crippen LogP) is 2.79. The Hall–Kier alpha value is -2.05. The van der Waals surface area contributed by atoms with Crippen molar-refractivity contribution in [3.8, 4) is 16.9 Å². The summed E-state index contributed by atoms with van der Waals surface area (Å²) in [5.74, 6) is 0.418. The van der Waals surface area contributed by atoms with E-state index >= 15 is 0 Å². The maximum atomic E-state index is 13.2. The molecule has 2 aromatic carbocycles. The van der Waals surface area contributed by atoms with Crippen molar-refractivity contribution < 1.29 is 13.2 Å². The Kier molecular flexibility index (Phi) is 3.56. The molecule has 0 amide bonds. The Labute approximate surface area is 154 Å². The molecule has 5 nitrogen and oxygen atoms in total. The van der Waals surface area contributed by atoms with E-state index in [1.54, 1.807) is 6.07 Å². The van der Waals surface area contributed by atoms with Crippen LogP contribution in [0.2, 0.25) is 0 Å². The van der Waals surface area contributed by atoms with Gasteiger partial charge in [0.1, 0.15) is 10.6 Å². The summed E-state index contributed by atoms with van der Waals surface area (Å²) >= 11 is 0. The molecule has 0 radical (unpaired) electrons. The molecule has 4 aliphatic heterocycles. The zero-order chi connectivity index (χ0) is 17.9. The third-order valence-corrected chi connectivity index (χ3v) is 7.87. The molecule has 0 unspecified atom stereocenters. The lowest BCUT2D eigenvalue weighted by atomic mass is 10.0. The van der Waals surface area contributed by atoms with E-state index in [-0.39, 0.29) is 0 Å². The third kappa shape index (κ3) is 2.21. The first kappa shape index (κ1) is 16.1. The highest BCUT2D eigenvalue weighted by molar-refractivity contribution is 7.92. The number of fused-ring (bicyclic) bond motifs is 7. The quantitative estimate of drug-likeness (QED) is 0.695. The van der Waals surface area contributed by atoms with Gasteiger partial charge in [0.05, 0.1) is 12.0 Å². The number of benzene rings is 2. The average Bonchev–Trinajstić information content (AvgIpc) is 2.88. The minimum absolute atomic E-state index is 0.303. The van der Waals surface area contributed by atoms with Crippen molar-refractivity contribution >= 4 is 15.5 Å². The molecule has 4 aliphatic rings. The molecule has 0 atom stereocenters. The lowest BCUT2D eigenvalue weighted by Crippen LogP contribution is -2.37. The maximum Gasteiger partial charge on any atom is 0.211 e. The van der Waals surface area contributed by atoms with Gasteiger partial charge in [0.2, 0.25) is 9.84 Å². The van der Waals surface area contributed by atoms with Gasteiger partial charge >= 0.3 is 0 Å². The van der Waals surface area contributed by atoms with E-state index in [1.807, 2.05) is 24.3 Å². The van der Waals surface area contributed by atoms with Crippen LogP contribution in [0.1, 0.15) is 12.8 Å². The van der Waals surface area contributed by atoms with Gasteiger partial charge in [0, 0.05) is 49.0 Å². The first-order valence-corrected chi connectivity index (χ1v) is 10.6. The molecule has 0 saturated carbocycles. The van der Waals surface area contributed by atoms with E-state index in [9.17, 15) is 8.42 Å². The van der Waals surface area contributed by atoms with Gasteiger partial charge in [-0.15, -0.1) is 0 Å². The highest BCUT2D eigenvalue weighted by Crippen LogP contribution is 2.48. The van der Waals surface area contributed by atoms with E-state index in [0.29, 0.717) is 21.6 Å². The van der Waals surface area contributed by atoms with Crippen molar-refractivity contribution in [2.24, 2.45) is 0 Å². The van der Waals surface area contributed by atoms with Crippen LogP contribution in [0.5, 0.6) is 5.75 Å². The predicted molar refractivity (Wildman–Crippen MR) is 101 cm³/mol. The van der Waals surface area contributed by atoms with Gasteiger partial charge in [0.25, 0.3) is 0 Å². The van der Waals surface area contributed by atoms with Crippen LogP contribution in [-0.2, 0) is 9.84 Å². The number of sulfone groups is 1. The fourth-order valence-corrected chi connectivity index (χ4v) is 6.48. The number of nitrogens with zero attached hydrogens (tertiary/aromatic N) is 2. The number of hydrogen-bond donors (Lipinski definition) is 0. The summed E-state index contributed by atoms with van der Waals surface area (Å²) < 4.78 is 31.8. The van der Waals surface area contributed by atoms with Crippen LogP contribution in [0.3, 0.4) is 0 Å². The van der Waals surface area contributed by atoms with Crippen molar-refractivity contribution in [1.29, 1.82) is 0 Å². The zero-order valence-corrected chi connectivity index (χ0v) is 15.6. The molecule has 0 spiro atoms. The van der Waals surface area contributed by atoms with Crippen molar-refractivity contribution in [1.82, 2.24) is 4.90 Å². The number of hydrogen-bond acceptors (Lipinski definition) is 5. The van der Waals surface area contributed by atoms with E-state index < -0.39 is 9.84 Å². The van der Waals surface area contributed by atoms with Gasteiger partial charge in [-0.2, -0.15) is 0 Å². The molecule has 2 bridgehead atoms. The largest absolute Gasteiger partial charge is 0.495 e. The number of methoxy groups -OCH3 is 1. The van der Waals surface area contributed by atoms with Crippen LogP contribution in [0.4, 0.5) is 5.69 Å². The Balaban J connectivity index is 1.63. The summed E-state index contributed by atoms with van der Waals surface area (Å²) in [6.07, 6.45) is 2.30. The van der Waals surface area contributed by atoms with Crippen LogP contribution >= 0.6 is 0 Å². The highest BCUT2D eigenvalue weighted by atomic mass is 32.2. The smallest absolute Gasteiger partial charge is 0.211 e. The molecule has 4 heterocycles. The second-order valence-electron chi connectivity index (χ2n) is 7.29. The van der Waals surface area contributed by atoms with Crippen molar-refractivity contribution in [3.05, 3.63) is 36.4 Å². The maximum absolute atomic E-state index is 13.2. The second-order valence-corrected chi connectivity index (χ2v) is 9.14. The Morgan fingerprint density at radius 2 is 1.81 bits per heavy atom. The molecule has 3 fully saturated rings. The first-order valence-electron chi connectivity index (χ1n) is 9.15. The molecule has 2 aromatic rings. The van der Waals surface area contributed by atoms with Crippen LogP contribution in [0, 0.1) is 0 Å². The normalized spacial score (nSPS) is 25.5. The number of anilines is 1. The minimum atomic E-state index is -3.55. The molecule has 26 heavy (non-hydrogen) atoms. The molecule has 0 N–H and O–H groups in total. The van der Waals surface area contributed by atoms with Crippen LogP contribution in [0.25, 0.3) is 11.1 Å². The van der Waals surface area contributed by atoms with Crippen molar-refractivity contribution in [2.75, 3.05) is 38.2 Å². The van der Waals surface area contributed by atoms with Gasteiger partial charge in [-0.25, -0.2) is 8.42 Å². The third-order valence-electron chi connectivity index (χ3n) is 6.00. The van der Waals surface area contributed by atoms with Gasteiger partial charge in [0.15, 0.2) is 0 Å². The summed E-state index contributed by atoms with van der Waals surface area (Å²) in [7, 11) is -2.04. The molecule has 136 valence electrons. The standard InChI is InChI=1S/C20H22N2O3S/c1-25-18-4-2-3-17-16-6-5-15(13-19(16)26(23,24)20(17)18)22-12-11-21-9-7-14(22)8-10-21/h2-6,13-14H,7-12H2,1H3/i1-1. The number of rotatable bonds is 2. The van der Waals surface area contributed by atoms with E-state index in [1.165, 1.54) is 7.11 Å². The molecule has 6 rings (SSSR count). The first-order chi connectivity index (χ1) is 12.6. The molecule has 0 aliphatic carbocycles. The Morgan fingerprint density at radius 3 is 2.58 bits per heavy atom. The SMILES string of the molecule is [11CH3]Oc1cccc2c1S(=O)(=O)c1cc(N3CCN4CCC3CC4)ccc1-2. The van der Waals surface area contributed by atoms with E-state index in [2.05, 4.69) is 15.9 Å². The fourth-order valence-electron chi connectivity index (χ4n) is 4.64. The van der Waals surface area contributed by atoms with Crippen LogP contribution in [0.15, 0.2) is 46.2 Å². The van der Waals surface area contributed by atoms with E-state index in [4.69, 9.17) is 4.74 Å². The zero-order valence-electron chi connectivity index (χ0n) is 14.8. The monoisotopic (exact) mass is 369 g/mol. The van der Waals surface area contributed by atoms with Crippen LogP contribution < -0.4 is 9.64 Å². The molecule has 3 saturated heterocycles. The summed E-state index contributed by atoms with van der Waals surface area (Å²) in [5, 5.41) is 0. The fraction of sp³-hybridized carbons (Fsp3) is 0.400. The summed E-state index contributed by atoms with van der Waals surface area (Å²) in [6.45, 7) is 4.30. The molecular weight excluding hydrogens is 347 g/mol. The van der Waals surface area contributed by atoms with E-state index in [0.717, 1.165) is 55.8 Å². The lowest BCUT2D eigenvalue weighted by Gasteiger charge is -2.33. The average molecular weight is 369 g/mol. The van der Waals surface area contributed by atoms with Gasteiger partial charge in [-0.3, -0.25) is 0 Å². The summed E-state index contributed by atoms with van der Waals surface area (Å²) in [4.78, 5) is 5.62. The van der Waals surface area contributed by atoms with Crippen molar-refractivity contribution in [2.45, 2.75) is 28.7 Å². The second kappa shape index (κ2) is 5.72. The molecule has 0 aromatic heterocycles. The Morgan fingerprint density at radius 1 is 1.00 bits per heavy atom. The molecule has 6 heteroatoms. The number of ether oxygens (including phenoxy) is 1. The van der Waals surface area contributed by atoms with Crippen LogP contribution in [-0.4, -0.2) is 52.6 Å². The topological polar surface area (TPSA) is 49.9 Å².